The molecule has 7 nitrogen and oxygen atoms in total. The quantitative estimate of drug-likeness (QED) is 0.204. The molecule has 0 saturated heterocycles. The van der Waals surface area contributed by atoms with Gasteiger partial charge in [0.25, 0.3) is 0 Å². The summed E-state index contributed by atoms with van der Waals surface area (Å²) in [5.74, 6) is 1.73. The van der Waals surface area contributed by atoms with Crippen LogP contribution < -0.4 is 10.1 Å². The fourth-order valence-corrected chi connectivity index (χ4v) is 4.82. The number of rotatable bonds is 11. The number of aromatic nitrogens is 4. The van der Waals surface area contributed by atoms with Crippen LogP contribution in [0, 0.1) is 0 Å². The molecule has 0 aliphatic heterocycles. The van der Waals surface area contributed by atoms with Crippen molar-refractivity contribution in [3.05, 3.63) is 60.0 Å². The van der Waals surface area contributed by atoms with Crippen molar-refractivity contribution in [1.29, 1.82) is 0 Å². The number of nitrogens with one attached hydrogen (secondary N) is 1. The largest absolute Gasteiger partial charge is 0.494 e. The Balaban J connectivity index is 1.35. The first-order valence-electron chi connectivity index (χ1n) is 11.3. The third-order valence-corrected chi connectivity index (χ3v) is 6.79. The molecule has 1 N–H and O–H groups in total. The topological polar surface area (TPSA) is 81.9 Å². The molecule has 1 amide bonds. The average molecular weight is 494 g/mol. The summed E-state index contributed by atoms with van der Waals surface area (Å²) >= 11 is 2.78. The van der Waals surface area contributed by atoms with Crippen LogP contribution in [-0.2, 0) is 11.3 Å². The first-order valence-corrected chi connectivity index (χ1v) is 13.1. The lowest BCUT2D eigenvalue weighted by molar-refractivity contribution is -0.113. The van der Waals surface area contributed by atoms with E-state index in [1.165, 1.54) is 23.1 Å². The smallest absolute Gasteiger partial charge is 0.236 e. The molecule has 0 spiro atoms. The fraction of sp³-hybridized carbons (Fsp3) is 0.280. The number of thioether (sulfide) groups is 1. The van der Waals surface area contributed by atoms with Gasteiger partial charge in [0.05, 0.1) is 18.1 Å². The van der Waals surface area contributed by atoms with Gasteiger partial charge in [-0.25, -0.2) is 4.98 Å². The summed E-state index contributed by atoms with van der Waals surface area (Å²) in [4.78, 5) is 17.0. The Morgan fingerprint density at radius 3 is 2.59 bits per heavy atom. The standard InChI is InChI=1S/C25H27N5O2S2/c1-3-5-15-32-20-13-11-19(12-14-20)23-28-29-25(30(23)4-2)34-17-22(31)27-24-26-21(16-33-24)18-9-7-6-8-10-18/h6-14,16H,3-5,15,17H2,1-2H3,(H,26,27,31). The van der Waals surface area contributed by atoms with Gasteiger partial charge in [0.1, 0.15) is 5.75 Å². The number of carbonyl (C=O) groups excluding carboxylic acids is 1. The van der Waals surface area contributed by atoms with E-state index in [1.54, 1.807) is 0 Å². The van der Waals surface area contributed by atoms with E-state index in [1.807, 2.05) is 71.5 Å². The predicted molar refractivity (Wildman–Crippen MR) is 138 cm³/mol. The van der Waals surface area contributed by atoms with E-state index in [9.17, 15) is 4.79 Å². The number of anilines is 1. The van der Waals surface area contributed by atoms with E-state index < -0.39 is 0 Å². The van der Waals surface area contributed by atoms with Crippen LogP contribution in [0.4, 0.5) is 5.13 Å². The van der Waals surface area contributed by atoms with Crippen molar-refractivity contribution in [2.24, 2.45) is 0 Å². The molecule has 34 heavy (non-hydrogen) atoms. The molecule has 0 saturated carbocycles. The van der Waals surface area contributed by atoms with Crippen molar-refractivity contribution >= 4 is 34.1 Å². The zero-order valence-corrected chi connectivity index (χ0v) is 20.9. The highest BCUT2D eigenvalue weighted by molar-refractivity contribution is 7.99. The van der Waals surface area contributed by atoms with Crippen LogP contribution in [0.15, 0.2) is 65.1 Å². The van der Waals surface area contributed by atoms with Gasteiger partial charge >= 0.3 is 0 Å². The maximum Gasteiger partial charge on any atom is 0.236 e. The minimum atomic E-state index is -0.125. The molecule has 2 heterocycles. The molecule has 0 aliphatic carbocycles. The summed E-state index contributed by atoms with van der Waals surface area (Å²) in [5.41, 5.74) is 2.84. The van der Waals surface area contributed by atoms with Crippen molar-refractivity contribution in [3.63, 3.8) is 0 Å². The second kappa shape index (κ2) is 11.8. The molecule has 2 aromatic heterocycles. The van der Waals surface area contributed by atoms with Crippen LogP contribution >= 0.6 is 23.1 Å². The third-order valence-electron chi connectivity index (χ3n) is 5.06. The van der Waals surface area contributed by atoms with Crippen LogP contribution in [0.3, 0.4) is 0 Å². The fourth-order valence-electron chi connectivity index (χ4n) is 3.29. The molecule has 9 heteroatoms. The molecule has 4 aromatic rings. The molecule has 0 atom stereocenters. The van der Waals surface area contributed by atoms with E-state index in [2.05, 4.69) is 27.4 Å². The summed E-state index contributed by atoms with van der Waals surface area (Å²) in [6, 6.07) is 17.8. The summed E-state index contributed by atoms with van der Waals surface area (Å²) in [5, 5.41) is 14.8. The molecule has 4 rings (SSSR count). The third kappa shape index (κ3) is 6.03. The van der Waals surface area contributed by atoms with Crippen LogP contribution in [0.1, 0.15) is 26.7 Å². The molecule has 0 bridgehead atoms. The molecule has 176 valence electrons. The molecule has 0 radical (unpaired) electrons. The molecule has 0 unspecified atom stereocenters. The summed E-state index contributed by atoms with van der Waals surface area (Å²) < 4.78 is 7.76. The van der Waals surface area contributed by atoms with E-state index in [-0.39, 0.29) is 11.7 Å². The SMILES string of the molecule is CCCCOc1ccc(-c2nnc(SCC(=O)Nc3nc(-c4ccccc4)cs3)n2CC)cc1. The number of ether oxygens (including phenoxy) is 1. The number of amides is 1. The van der Waals surface area contributed by atoms with Crippen LogP contribution in [-0.4, -0.2) is 38.0 Å². The molecule has 0 fully saturated rings. The Morgan fingerprint density at radius 1 is 1.06 bits per heavy atom. The lowest BCUT2D eigenvalue weighted by Crippen LogP contribution is -2.14. The monoisotopic (exact) mass is 493 g/mol. The minimum absolute atomic E-state index is 0.125. The van der Waals surface area contributed by atoms with Gasteiger partial charge in [0.15, 0.2) is 16.1 Å². The first kappa shape index (κ1) is 24.0. The Hall–Kier alpha value is -3.17. The normalized spacial score (nSPS) is 10.9. The Morgan fingerprint density at radius 2 is 1.85 bits per heavy atom. The number of benzene rings is 2. The van der Waals surface area contributed by atoms with Gasteiger partial charge in [-0.15, -0.1) is 21.5 Å². The van der Waals surface area contributed by atoms with Gasteiger partial charge in [0.2, 0.25) is 5.91 Å². The zero-order chi connectivity index (χ0) is 23.8. The molecular weight excluding hydrogens is 466 g/mol. The maximum absolute atomic E-state index is 12.5. The van der Waals surface area contributed by atoms with Gasteiger partial charge in [-0.3, -0.25) is 4.79 Å². The van der Waals surface area contributed by atoms with Crippen molar-refractivity contribution in [2.45, 2.75) is 38.4 Å². The molecule has 2 aromatic carbocycles. The number of carbonyl (C=O) groups is 1. The average Bonchev–Trinajstić information content (AvgIpc) is 3.51. The highest BCUT2D eigenvalue weighted by Gasteiger charge is 2.15. The highest BCUT2D eigenvalue weighted by Crippen LogP contribution is 2.27. The number of unbranched alkanes of at least 4 members (excludes halogenated alkanes) is 1. The van der Waals surface area contributed by atoms with Crippen molar-refractivity contribution in [3.8, 4) is 28.4 Å². The van der Waals surface area contributed by atoms with E-state index in [0.717, 1.165) is 47.8 Å². The van der Waals surface area contributed by atoms with E-state index in [0.29, 0.717) is 16.8 Å². The molecular formula is C25H27N5O2S2. The first-order chi connectivity index (χ1) is 16.7. The Kier molecular flexibility index (Phi) is 8.32. The number of hydrogen-bond donors (Lipinski definition) is 1. The Labute approximate surface area is 207 Å². The van der Waals surface area contributed by atoms with Crippen LogP contribution in [0.2, 0.25) is 0 Å². The Bertz CT molecular complexity index is 1210. The number of thiazole rings is 1. The van der Waals surface area contributed by atoms with Crippen LogP contribution in [0.25, 0.3) is 22.6 Å². The highest BCUT2D eigenvalue weighted by atomic mass is 32.2. The maximum atomic E-state index is 12.5. The second-order valence-corrected chi connectivity index (χ2v) is 9.32. The van der Waals surface area contributed by atoms with Crippen LogP contribution in [0.5, 0.6) is 5.75 Å². The van der Waals surface area contributed by atoms with Crippen molar-refractivity contribution < 1.29 is 9.53 Å². The summed E-state index contributed by atoms with van der Waals surface area (Å²) in [6.07, 6.45) is 2.14. The van der Waals surface area contributed by atoms with Gasteiger partial charge < -0.3 is 14.6 Å². The van der Waals surface area contributed by atoms with Crippen molar-refractivity contribution in [2.75, 3.05) is 17.7 Å². The lowest BCUT2D eigenvalue weighted by Gasteiger charge is -2.09. The van der Waals surface area contributed by atoms with Crippen molar-refractivity contribution in [1.82, 2.24) is 19.7 Å². The number of hydrogen-bond acceptors (Lipinski definition) is 7. The van der Waals surface area contributed by atoms with E-state index in [4.69, 9.17) is 4.74 Å². The minimum Gasteiger partial charge on any atom is -0.494 e. The van der Waals surface area contributed by atoms with Gasteiger partial charge in [0, 0.05) is 23.1 Å². The van der Waals surface area contributed by atoms with Gasteiger partial charge in [-0.2, -0.15) is 0 Å². The zero-order valence-electron chi connectivity index (χ0n) is 19.2. The van der Waals surface area contributed by atoms with Gasteiger partial charge in [-0.1, -0.05) is 55.4 Å². The molecule has 0 aliphatic rings. The summed E-state index contributed by atoms with van der Waals surface area (Å²) in [6.45, 7) is 5.61. The lowest BCUT2D eigenvalue weighted by atomic mass is 10.2. The van der Waals surface area contributed by atoms with E-state index >= 15 is 0 Å². The second-order valence-electron chi connectivity index (χ2n) is 7.52. The summed E-state index contributed by atoms with van der Waals surface area (Å²) in [7, 11) is 0. The predicted octanol–water partition coefficient (Wildman–Crippen LogP) is 6.00. The van der Waals surface area contributed by atoms with Gasteiger partial charge in [-0.05, 0) is 37.6 Å². The number of nitrogens with zero attached hydrogens (tertiary/aromatic N) is 4.